The molecule has 0 N–H and O–H groups in total. The standard InChI is InChI=1S/C21H25ClN2/c1-3-14-7-8-16-11-20(15-5-4-6-15)24-19-10-9-17(22)12-18(19)21(16)23-13(14)2/h9-10,12,14-15H,3-8,11H2,1-2H3. The second kappa shape index (κ2) is 6.48. The van der Waals surface area contributed by atoms with Crippen LogP contribution in [0.25, 0.3) is 5.70 Å². The summed E-state index contributed by atoms with van der Waals surface area (Å²) < 4.78 is 0. The minimum absolute atomic E-state index is 0.601. The van der Waals surface area contributed by atoms with Gasteiger partial charge in [0.15, 0.2) is 0 Å². The van der Waals surface area contributed by atoms with Crippen LogP contribution in [0.4, 0.5) is 5.69 Å². The Morgan fingerprint density at radius 2 is 2.00 bits per heavy atom. The van der Waals surface area contributed by atoms with Crippen molar-refractivity contribution in [2.45, 2.75) is 58.8 Å². The Bertz CT molecular complexity index is 753. The highest BCUT2D eigenvalue weighted by molar-refractivity contribution is 6.31. The monoisotopic (exact) mass is 340 g/mol. The van der Waals surface area contributed by atoms with Crippen molar-refractivity contribution in [2.24, 2.45) is 21.8 Å². The van der Waals surface area contributed by atoms with Crippen molar-refractivity contribution in [3.8, 4) is 0 Å². The molecule has 4 rings (SSSR count). The van der Waals surface area contributed by atoms with Crippen molar-refractivity contribution in [1.29, 1.82) is 0 Å². The van der Waals surface area contributed by atoms with Gasteiger partial charge in [0, 0.05) is 28.4 Å². The van der Waals surface area contributed by atoms with Crippen molar-refractivity contribution in [3.63, 3.8) is 0 Å². The van der Waals surface area contributed by atoms with Crippen molar-refractivity contribution < 1.29 is 0 Å². The fraction of sp³-hybridized carbons (Fsp3) is 0.524. The zero-order valence-corrected chi connectivity index (χ0v) is 15.4. The van der Waals surface area contributed by atoms with Crippen LogP contribution in [-0.4, -0.2) is 11.4 Å². The van der Waals surface area contributed by atoms with Crippen molar-refractivity contribution in [3.05, 3.63) is 34.4 Å². The van der Waals surface area contributed by atoms with E-state index in [1.54, 1.807) is 0 Å². The SMILES string of the molecule is CCC1CCC2=C(N=C1C)c1cc(Cl)ccc1N=C(C1CCC1)C2. The number of rotatable bonds is 2. The number of allylic oxidation sites excluding steroid dienone is 1. The van der Waals surface area contributed by atoms with Crippen LogP contribution in [0.5, 0.6) is 0 Å². The Morgan fingerprint density at radius 3 is 2.71 bits per heavy atom. The summed E-state index contributed by atoms with van der Waals surface area (Å²) in [6, 6.07) is 6.08. The lowest BCUT2D eigenvalue weighted by molar-refractivity contribution is 0.409. The maximum absolute atomic E-state index is 6.31. The Kier molecular flexibility index (Phi) is 4.34. The van der Waals surface area contributed by atoms with Crippen LogP contribution in [0.3, 0.4) is 0 Å². The van der Waals surface area contributed by atoms with E-state index in [0.29, 0.717) is 11.8 Å². The van der Waals surface area contributed by atoms with Gasteiger partial charge in [-0.3, -0.25) is 9.98 Å². The Hall–Kier alpha value is -1.41. The number of aliphatic imine (C=N–C) groups is 2. The first-order chi connectivity index (χ1) is 11.7. The van der Waals surface area contributed by atoms with Gasteiger partial charge in [-0.25, -0.2) is 0 Å². The average molecular weight is 341 g/mol. The molecule has 1 saturated carbocycles. The van der Waals surface area contributed by atoms with Crippen LogP contribution in [0, 0.1) is 11.8 Å². The highest BCUT2D eigenvalue weighted by atomic mass is 35.5. The number of hydrogen-bond acceptors (Lipinski definition) is 2. The molecule has 2 heterocycles. The molecule has 1 aromatic rings. The lowest BCUT2D eigenvalue weighted by Gasteiger charge is -2.27. The molecule has 1 atom stereocenters. The molecule has 0 aromatic heterocycles. The fourth-order valence-corrected chi connectivity index (χ4v) is 4.30. The molecule has 0 bridgehead atoms. The summed E-state index contributed by atoms with van der Waals surface area (Å²) in [6.45, 7) is 4.46. The predicted molar refractivity (Wildman–Crippen MR) is 104 cm³/mol. The Labute approximate surface area is 149 Å². The van der Waals surface area contributed by atoms with Crippen molar-refractivity contribution >= 4 is 34.4 Å². The molecule has 24 heavy (non-hydrogen) atoms. The van der Waals surface area contributed by atoms with Gasteiger partial charge in [-0.15, -0.1) is 0 Å². The van der Waals surface area contributed by atoms with Crippen LogP contribution in [0.1, 0.15) is 64.4 Å². The van der Waals surface area contributed by atoms with Crippen molar-refractivity contribution in [2.75, 3.05) is 0 Å². The van der Waals surface area contributed by atoms with E-state index in [-0.39, 0.29) is 0 Å². The molecule has 3 aliphatic rings. The number of benzene rings is 1. The molecule has 2 nitrogen and oxygen atoms in total. The minimum atomic E-state index is 0.601. The molecule has 1 aromatic carbocycles. The van der Waals surface area contributed by atoms with E-state index < -0.39 is 0 Å². The van der Waals surface area contributed by atoms with Gasteiger partial charge in [-0.05, 0) is 74.6 Å². The third-order valence-corrected chi connectivity index (χ3v) is 6.19. The lowest BCUT2D eigenvalue weighted by atomic mass is 9.79. The predicted octanol–water partition coefficient (Wildman–Crippen LogP) is 6.61. The van der Waals surface area contributed by atoms with Crippen LogP contribution < -0.4 is 0 Å². The van der Waals surface area contributed by atoms with Gasteiger partial charge in [0.1, 0.15) is 0 Å². The molecule has 0 saturated heterocycles. The maximum Gasteiger partial charge on any atom is 0.0724 e. The average Bonchev–Trinajstić information content (AvgIpc) is 2.74. The van der Waals surface area contributed by atoms with Gasteiger partial charge >= 0.3 is 0 Å². The van der Waals surface area contributed by atoms with Crippen molar-refractivity contribution in [1.82, 2.24) is 0 Å². The van der Waals surface area contributed by atoms with Crippen LogP contribution in [-0.2, 0) is 0 Å². The van der Waals surface area contributed by atoms with Crippen LogP contribution in [0.15, 0.2) is 33.8 Å². The molecular weight excluding hydrogens is 316 g/mol. The highest BCUT2D eigenvalue weighted by Gasteiger charge is 2.29. The van der Waals surface area contributed by atoms with Gasteiger partial charge in [-0.1, -0.05) is 24.9 Å². The third kappa shape index (κ3) is 2.86. The Morgan fingerprint density at radius 1 is 1.17 bits per heavy atom. The van der Waals surface area contributed by atoms with Crippen LogP contribution in [0.2, 0.25) is 5.02 Å². The minimum Gasteiger partial charge on any atom is -0.257 e. The van der Waals surface area contributed by atoms with E-state index in [9.17, 15) is 0 Å². The van der Waals surface area contributed by atoms with Gasteiger partial charge in [0.2, 0.25) is 0 Å². The number of halogens is 1. The van der Waals surface area contributed by atoms with Crippen LogP contribution >= 0.6 is 11.6 Å². The zero-order chi connectivity index (χ0) is 16.7. The quantitative estimate of drug-likeness (QED) is 0.578. The summed E-state index contributed by atoms with van der Waals surface area (Å²) in [5.74, 6) is 1.28. The van der Waals surface area contributed by atoms with E-state index in [1.807, 2.05) is 6.07 Å². The summed E-state index contributed by atoms with van der Waals surface area (Å²) in [7, 11) is 0. The number of hydrogen-bond donors (Lipinski definition) is 0. The lowest BCUT2D eigenvalue weighted by Crippen LogP contribution is -2.22. The fourth-order valence-electron chi connectivity index (χ4n) is 4.13. The number of nitrogens with zero attached hydrogens (tertiary/aromatic N) is 2. The summed E-state index contributed by atoms with van der Waals surface area (Å²) in [6.07, 6.45) is 8.44. The number of fused-ring (bicyclic) bond motifs is 2. The third-order valence-electron chi connectivity index (χ3n) is 5.95. The van der Waals surface area contributed by atoms with E-state index in [4.69, 9.17) is 21.6 Å². The van der Waals surface area contributed by atoms with Gasteiger partial charge in [0.05, 0.1) is 11.4 Å². The molecule has 1 aliphatic carbocycles. The van der Waals surface area contributed by atoms with E-state index >= 15 is 0 Å². The van der Waals surface area contributed by atoms with E-state index in [1.165, 1.54) is 49.1 Å². The molecule has 2 aliphatic heterocycles. The molecular formula is C21H25ClN2. The largest absolute Gasteiger partial charge is 0.257 e. The smallest absolute Gasteiger partial charge is 0.0724 e. The molecule has 126 valence electrons. The first kappa shape index (κ1) is 16.1. The second-order valence-electron chi connectivity index (χ2n) is 7.42. The molecule has 3 heteroatoms. The normalized spacial score (nSPS) is 24.2. The molecule has 0 amide bonds. The topological polar surface area (TPSA) is 24.7 Å². The molecule has 0 spiro atoms. The summed E-state index contributed by atoms with van der Waals surface area (Å²) in [5.41, 5.74) is 7.44. The van der Waals surface area contributed by atoms with Gasteiger partial charge in [-0.2, -0.15) is 0 Å². The zero-order valence-electron chi connectivity index (χ0n) is 14.6. The highest BCUT2D eigenvalue weighted by Crippen LogP contribution is 2.42. The Balaban J connectivity index is 1.85. The van der Waals surface area contributed by atoms with Gasteiger partial charge in [0.25, 0.3) is 0 Å². The first-order valence-electron chi connectivity index (χ1n) is 9.30. The molecule has 0 radical (unpaired) electrons. The molecule has 1 unspecified atom stereocenters. The first-order valence-corrected chi connectivity index (χ1v) is 9.68. The van der Waals surface area contributed by atoms with Gasteiger partial charge < -0.3 is 0 Å². The summed E-state index contributed by atoms with van der Waals surface area (Å²) >= 11 is 6.31. The van der Waals surface area contributed by atoms with E-state index in [0.717, 1.165) is 34.8 Å². The van der Waals surface area contributed by atoms with E-state index in [2.05, 4.69) is 26.0 Å². The summed E-state index contributed by atoms with van der Waals surface area (Å²) in [4.78, 5) is 10.2. The molecule has 1 fully saturated rings. The summed E-state index contributed by atoms with van der Waals surface area (Å²) in [5, 5.41) is 0.770. The second-order valence-corrected chi connectivity index (χ2v) is 7.85. The maximum atomic E-state index is 6.31.